The summed E-state index contributed by atoms with van der Waals surface area (Å²) in [5, 5.41) is 8.80. The SMILES string of the molecule is C=C1NCc2c(c3c(N)ncnc3n2C(C)C)-c2cn(C)nc21. The Bertz CT molecular complexity index is 945. The van der Waals surface area contributed by atoms with Gasteiger partial charge in [-0.2, -0.15) is 5.10 Å². The molecule has 0 saturated carbocycles. The third-order valence-electron chi connectivity index (χ3n) is 4.28. The first kappa shape index (κ1) is 13.8. The molecule has 7 nitrogen and oxygen atoms in total. The molecular formula is C16H19N7. The molecule has 3 aromatic rings. The lowest BCUT2D eigenvalue weighted by molar-refractivity contribution is 0.584. The smallest absolute Gasteiger partial charge is 0.146 e. The summed E-state index contributed by atoms with van der Waals surface area (Å²) in [6.45, 7) is 9.05. The fraction of sp³-hybridized carbons (Fsp3) is 0.312. The predicted octanol–water partition coefficient (Wildman–Crippen LogP) is 2.07. The van der Waals surface area contributed by atoms with Crippen molar-refractivity contribution in [2.24, 2.45) is 7.05 Å². The molecule has 1 aliphatic rings. The van der Waals surface area contributed by atoms with E-state index in [2.05, 4.69) is 45.4 Å². The van der Waals surface area contributed by atoms with Crippen molar-refractivity contribution in [2.45, 2.75) is 26.4 Å². The Hall–Kier alpha value is -2.83. The number of hydrogen-bond acceptors (Lipinski definition) is 5. The molecule has 0 atom stereocenters. The normalized spacial score (nSPS) is 13.8. The number of nitrogens with zero attached hydrogens (tertiary/aromatic N) is 5. The Morgan fingerprint density at radius 2 is 2.13 bits per heavy atom. The molecule has 0 unspecified atom stereocenters. The predicted molar refractivity (Wildman–Crippen MR) is 90.4 cm³/mol. The van der Waals surface area contributed by atoms with Gasteiger partial charge in [0, 0.05) is 36.1 Å². The number of anilines is 1. The highest BCUT2D eigenvalue weighted by molar-refractivity contribution is 6.04. The van der Waals surface area contributed by atoms with Crippen LogP contribution < -0.4 is 11.1 Å². The zero-order valence-corrected chi connectivity index (χ0v) is 13.5. The van der Waals surface area contributed by atoms with Crippen molar-refractivity contribution in [3.63, 3.8) is 0 Å². The number of fused-ring (bicyclic) bond motifs is 5. The van der Waals surface area contributed by atoms with Gasteiger partial charge < -0.3 is 15.6 Å². The minimum absolute atomic E-state index is 0.254. The van der Waals surface area contributed by atoms with Gasteiger partial charge in [-0.25, -0.2) is 9.97 Å². The summed E-state index contributed by atoms with van der Waals surface area (Å²) in [6, 6.07) is 0.254. The van der Waals surface area contributed by atoms with Crippen LogP contribution in [0.1, 0.15) is 31.3 Å². The maximum absolute atomic E-state index is 6.21. The van der Waals surface area contributed by atoms with Crippen LogP contribution in [-0.4, -0.2) is 24.3 Å². The molecule has 118 valence electrons. The number of nitrogen functional groups attached to an aromatic ring is 1. The lowest BCUT2D eigenvalue weighted by atomic mass is 10.0. The Kier molecular flexibility index (Phi) is 2.75. The molecule has 4 heterocycles. The first-order valence-corrected chi connectivity index (χ1v) is 7.59. The second-order valence-corrected chi connectivity index (χ2v) is 6.14. The lowest BCUT2D eigenvalue weighted by Gasteiger charge is -2.14. The highest BCUT2D eigenvalue weighted by Crippen LogP contribution is 2.42. The molecule has 3 aromatic heterocycles. The Labute approximate surface area is 133 Å². The van der Waals surface area contributed by atoms with Crippen LogP contribution in [0.3, 0.4) is 0 Å². The number of nitrogens with two attached hydrogens (primary N) is 1. The van der Waals surface area contributed by atoms with E-state index in [-0.39, 0.29) is 6.04 Å². The van der Waals surface area contributed by atoms with Crippen LogP contribution >= 0.6 is 0 Å². The molecule has 0 fully saturated rings. The molecule has 0 spiro atoms. The molecule has 0 radical (unpaired) electrons. The van der Waals surface area contributed by atoms with E-state index >= 15 is 0 Å². The monoisotopic (exact) mass is 309 g/mol. The van der Waals surface area contributed by atoms with Crippen LogP contribution in [0.25, 0.3) is 27.9 Å². The number of nitrogens with one attached hydrogen (secondary N) is 1. The average Bonchev–Trinajstić information content (AvgIpc) is 2.99. The molecule has 23 heavy (non-hydrogen) atoms. The minimum atomic E-state index is 0.254. The van der Waals surface area contributed by atoms with Crippen molar-refractivity contribution in [3.8, 4) is 11.1 Å². The van der Waals surface area contributed by atoms with Gasteiger partial charge in [0.1, 0.15) is 23.5 Å². The summed E-state index contributed by atoms with van der Waals surface area (Å²) >= 11 is 0. The van der Waals surface area contributed by atoms with E-state index in [0.29, 0.717) is 12.4 Å². The van der Waals surface area contributed by atoms with E-state index < -0.39 is 0 Å². The lowest BCUT2D eigenvalue weighted by Crippen LogP contribution is -2.15. The maximum atomic E-state index is 6.21. The third-order valence-corrected chi connectivity index (χ3v) is 4.28. The van der Waals surface area contributed by atoms with Crippen LogP contribution in [0.2, 0.25) is 0 Å². The summed E-state index contributed by atoms with van der Waals surface area (Å²) in [6.07, 6.45) is 3.52. The van der Waals surface area contributed by atoms with Gasteiger partial charge in [-0.05, 0) is 13.8 Å². The standard InChI is InChI=1S/C16H19N7/c1-8(2)23-11-5-18-9(3)14-10(6-22(4)21-14)12(11)13-15(17)19-7-20-16(13)23/h6-8,18H,3,5H2,1-2,4H3,(H2,17,19,20). The van der Waals surface area contributed by atoms with Crippen LogP contribution in [-0.2, 0) is 13.6 Å². The molecule has 7 heteroatoms. The summed E-state index contributed by atoms with van der Waals surface area (Å²) in [5.74, 6) is 0.493. The average molecular weight is 309 g/mol. The van der Waals surface area contributed by atoms with E-state index in [4.69, 9.17) is 5.73 Å². The number of aromatic nitrogens is 5. The first-order chi connectivity index (χ1) is 11.0. The van der Waals surface area contributed by atoms with Crippen LogP contribution in [0, 0.1) is 0 Å². The molecule has 0 saturated heterocycles. The van der Waals surface area contributed by atoms with Gasteiger partial charge in [0.05, 0.1) is 17.6 Å². The minimum Gasteiger partial charge on any atom is -0.383 e. The molecular weight excluding hydrogens is 290 g/mol. The highest BCUT2D eigenvalue weighted by Gasteiger charge is 2.29. The Morgan fingerprint density at radius 1 is 1.35 bits per heavy atom. The number of hydrogen-bond donors (Lipinski definition) is 2. The van der Waals surface area contributed by atoms with Gasteiger partial charge in [0.2, 0.25) is 0 Å². The van der Waals surface area contributed by atoms with Gasteiger partial charge in [-0.3, -0.25) is 4.68 Å². The second kappa shape index (κ2) is 4.58. The largest absolute Gasteiger partial charge is 0.383 e. The summed E-state index contributed by atoms with van der Waals surface area (Å²) in [5.41, 5.74) is 11.9. The van der Waals surface area contributed by atoms with Gasteiger partial charge in [-0.15, -0.1) is 0 Å². The fourth-order valence-corrected chi connectivity index (χ4v) is 3.39. The molecule has 4 rings (SSSR count). The molecule has 0 amide bonds. The van der Waals surface area contributed by atoms with Gasteiger partial charge in [0.25, 0.3) is 0 Å². The van der Waals surface area contributed by atoms with E-state index in [1.807, 2.05) is 13.2 Å². The Balaban J connectivity index is 2.21. The van der Waals surface area contributed by atoms with Crippen LogP contribution in [0.5, 0.6) is 0 Å². The molecule has 3 N–H and O–H groups in total. The summed E-state index contributed by atoms with van der Waals surface area (Å²) in [7, 11) is 1.91. The van der Waals surface area contributed by atoms with Gasteiger partial charge in [0.15, 0.2) is 0 Å². The van der Waals surface area contributed by atoms with Crippen molar-refractivity contribution < 1.29 is 0 Å². The maximum Gasteiger partial charge on any atom is 0.146 e. The number of rotatable bonds is 1. The molecule has 1 aliphatic heterocycles. The highest BCUT2D eigenvalue weighted by atomic mass is 15.3. The van der Waals surface area contributed by atoms with Crippen molar-refractivity contribution in [1.82, 2.24) is 29.6 Å². The van der Waals surface area contributed by atoms with Crippen molar-refractivity contribution >= 4 is 22.5 Å². The van der Waals surface area contributed by atoms with Crippen molar-refractivity contribution in [1.29, 1.82) is 0 Å². The van der Waals surface area contributed by atoms with Crippen molar-refractivity contribution in [3.05, 3.63) is 30.5 Å². The van der Waals surface area contributed by atoms with E-state index in [0.717, 1.165) is 39.2 Å². The van der Waals surface area contributed by atoms with Crippen LogP contribution in [0.15, 0.2) is 19.1 Å². The second-order valence-electron chi connectivity index (χ2n) is 6.14. The topological polar surface area (TPSA) is 86.6 Å². The van der Waals surface area contributed by atoms with E-state index in [9.17, 15) is 0 Å². The third kappa shape index (κ3) is 1.79. The van der Waals surface area contributed by atoms with Crippen molar-refractivity contribution in [2.75, 3.05) is 5.73 Å². The zero-order valence-electron chi connectivity index (χ0n) is 13.5. The van der Waals surface area contributed by atoms with Gasteiger partial charge in [-0.1, -0.05) is 6.58 Å². The zero-order chi connectivity index (χ0) is 16.3. The fourth-order valence-electron chi connectivity index (χ4n) is 3.39. The van der Waals surface area contributed by atoms with Crippen LogP contribution in [0.4, 0.5) is 5.82 Å². The summed E-state index contributed by atoms with van der Waals surface area (Å²) < 4.78 is 4.01. The first-order valence-electron chi connectivity index (χ1n) is 7.59. The quantitative estimate of drug-likeness (QED) is 0.718. The summed E-state index contributed by atoms with van der Waals surface area (Å²) in [4.78, 5) is 8.69. The molecule has 0 aliphatic carbocycles. The van der Waals surface area contributed by atoms with E-state index in [1.165, 1.54) is 6.33 Å². The van der Waals surface area contributed by atoms with Gasteiger partial charge >= 0.3 is 0 Å². The Morgan fingerprint density at radius 3 is 2.87 bits per heavy atom. The molecule has 0 aromatic carbocycles. The molecule has 0 bridgehead atoms. The number of aryl methyl sites for hydroxylation is 1. The van der Waals surface area contributed by atoms with E-state index in [1.54, 1.807) is 4.68 Å².